The zero-order valence-electron chi connectivity index (χ0n) is 12.6. The minimum absolute atomic E-state index is 0.0538. The number of nitro benzene ring substituents is 1. The highest BCUT2D eigenvalue weighted by Gasteiger charge is 2.41. The molecule has 1 aliphatic heterocycles. The molecule has 4 rings (SSSR count). The molecule has 0 bridgehead atoms. The summed E-state index contributed by atoms with van der Waals surface area (Å²) in [6.07, 6.45) is 4.96. The van der Waals surface area contributed by atoms with Gasteiger partial charge in [0, 0.05) is 16.5 Å². The first-order valence-electron chi connectivity index (χ1n) is 7.71. The van der Waals surface area contributed by atoms with Gasteiger partial charge in [0.1, 0.15) is 5.82 Å². The lowest BCUT2D eigenvalue weighted by Gasteiger charge is -2.37. The van der Waals surface area contributed by atoms with E-state index in [1.165, 1.54) is 12.1 Å². The van der Waals surface area contributed by atoms with Crippen molar-refractivity contribution in [3.63, 3.8) is 0 Å². The molecule has 1 N–H and O–H groups in total. The van der Waals surface area contributed by atoms with Crippen LogP contribution in [0.4, 0.5) is 15.8 Å². The van der Waals surface area contributed by atoms with E-state index in [0.29, 0.717) is 15.7 Å². The molecule has 122 valence electrons. The molecule has 0 saturated carbocycles. The van der Waals surface area contributed by atoms with E-state index in [-0.39, 0.29) is 34.3 Å². The normalized spacial score (nSPS) is 24.2. The highest BCUT2D eigenvalue weighted by molar-refractivity contribution is 9.10. The van der Waals surface area contributed by atoms with Gasteiger partial charge in [-0.2, -0.15) is 0 Å². The van der Waals surface area contributed by atoms with Crippen LogP contribution in [0.25, 0.3) is 0 Å². The molecule has 24 heavy (non-hydrogen) atoms. The Balaban J connectivity index is 1.86. The molecule has 6 heteroatoms. The number of halogens is 2. The van der Waals surface area contributed by atoms with E-state index < -0.39 is 0 Å². The second-order valence-electron chi connectivity index (χ2n) is 6.14. The molecule has 2 aliphatic rings. The molecule has 2 aromatic rings. The van der Waals surface area contributed by atoms with Crippen molar-refractivity contribution in [2.45, 2.75) is 18.4 Å². The van der Waals surface area contributed by atoms with E-state index in [0.717, 1.165) is 12.0 Å². The van der Waals surface area contributed by atoms with Crippen molar-refractivity contribution in [3.05, 3.63) is 80.1 Å². The Morgan fingerprint density at radius 2 is 2.04 bits per heavy atom. The largest absolute Gasteiger partial charge is 0.375 e. The van der Waals surface area contributed by atoms with Crippen molar-refractivity contribution in [2.75, 3.05) is 5.32 Å². The minimum Gasteiger partial charge on any atom is -0.375 e. The van der Waals surface area contributed by atoms with Crippen LogP contribution >= 0.6 is 15.9 Å². The number of nitrogens with zero attached hydrogens (tertiary/aromatic N) is 1. The molecule has 0 aromatic heterocycles. The Morgan fingerprint density at radius 1 is 1.25 bits per heavy atom. The average Bonchev–Trinajstić information content (AvgIpc) is 3.04. The van der Waals surface area contributed by atoms with Gasteiger partial charge >= 0.3 is 0 Å². The summed E-state index contributed by atoms with van der Waals surface area (Å²) in [6.45, 7) is 0. The van der Waals surface area contributed by atoms with Crippen molar-refractivity contribution in [1.29, 1.82) is 0 Å². The van der Waals surface area contributed by atoms with Gasteiger partial charge in [0.2, 0.25) is 0 Å². The second kappa shape index (κ2) is 5.70. The quantitative estimate of drug-likeness (QED) is 0.430. The van der Waals surface area contributed by atoms with E-state index in [9.17, 15) is 14.5 Å². The fourth-order valence-electron chi connectivity index (χ4n) is 3.85. The molecule has 0 amide bonds. The van der Waals surface area contributed by atoms with Crippen LogP contribution in [0.2, 0.25) is 0 Å². The van der Waals surface area contributed by atoms with Gasteiger partial charge in [-0.15, -0.1) is 0 Å². The molecule has 2 aromatic carbocycles. The average molecular weight is 389 g/mol. The fraction of sp³-hybridized carbons (Fsp3) is 0.222. The van der Waals surface area contributed by atoms with Crippen LogP contribution in [-0.2, 0) is 0 Å². The molecule has 0 unspecified atom stereocenters. The van der Waals surface area contributed by atoms with Crippen LogP contribution in [0.1, 0.15) is 29.5 Å². The highest BCUT2D eigenvalue weighted by Crippen LogP contribution is 2.52. The molecule has 0 spiro atoms. The van der Waals surface area contributed by atoms with Gasteiger partial charge in [-0.05, 0) is 30.0 Å². The third kappa shape index (κ3) is 2.33. The predicted octanol–water partition coefficient (Wildman–Crippen LogP) is 5.32. The van der Waals surface area contributed by atoms with Crippen LogP contribution in [0, 0.1) is 21.8 Å². The number of hydrogen-bond acceptors (Lipinski definition) is 3. The number of fused-ring (bicyclic) bond motifs is 3. The summed E-state index contributed by atoms with van der Waals surface area (Å²) in [7, 11) is 0. The zero-order chi connectivity index (χ0) is 16.8. The molecule has 0 fully saturated rings. The van der Waals surface area contributed by atoms with Crippen LogP contribution in [0.15, 0.2) is 53.0 Å². The number of rotatable bonds is 2. The highest BCUT2D eigenvalue weighted by atomic mass is 79.9. The molecule has 1 heterocycles. The van der Waals surface area contributed by atoms with E-state index >= 15 is 0 Å². The van der Waals surface area contributed by atoms with Crippen LogP contribution in [0.3, 0.4) is 0 Å². The number of nitro groups is 1. The molecular formula is C18H14BrFN2O2. The van der Waals surface area contributed by atoms with Crippen molar-refractivity contribution in [1.82, 2.24) is 0 Å². The van der Waals surface area contributed by atoms with Crippen molar-refractivity contribution >= 4 is 27.3 Å². The Morgan fingerprint density at radius 3 is 2.83 bits per heavy atom. The zero-order valence-corrected chi connectivity index (χ0v) is 14.2. The van der Waals surface area contributed by atoms with Crippen LogP contribution in [-0.4, -0.2) is 4.92 Å². The van der Waals surface area contributed by atoms with E-state index in [4.69, 9.17) is 0 Å². The SMILES string of the molecule is O=[N+]([O-])c1ccccc1[C@@H]1Nc2c(F)cc(Br)cc2[C@H]2C=CC[C@H]21. The van der Waals surface area contributed by atoms with Crippen molar-refractivity contribution < 1.29 is 9.31 Å². The van der Waals surface area contributed by atoms with Crippen molar-refractivity contribution in [3.8, 4) is 0 Å². The van der Waals surface area contributed by atoms with E-state index in [2.05, 4.69) is 33.4 Å². The number of anilines is 1. The number of nitrogens with one attached hydrogen (secondary N) is 1. The Kier molecular flexibility index (Phi) is 3.64. The summed E-state index contributed by atoms with van der Waals surface area (Å²) in [4.78, 5) is 11.0. The van der Waals surface area contributed by atoms with Gasteiger partial charge in [-0.3, -0.25) is 10.1 Å². The number of para-hydroxylation sites is 1. The van der Waals surface area contributed by atoms with Crippen LogP contribution in [0.5, 0.6) is 0 Å². The summed E-state index contributed by atoms with van der Waals surface area (Å²) in [6, 6.07) is 9.74. The van der Waals surface area contributed by atoms with Crippen molar-refractivity contribution in [2.24, 2.45) is 5.92 Å². The first kappa shape index (κ1) is 15.3. The number of hydrogen-bond donors (Lipinski definition) is 1. The van der Waals surface area contributed by atoms with Gasteiger partial charge in [-0.1, -0.05) is 46.3 Å². The maximum Gasteiger partial charge on any atom is 0.274 e. The maximum absolute atomic E-state index is 14.5. The molecule has 3 atom stereocenters. The molecule has 0 radical (unpaired) electrons. The smallest absolute Gasteiger partial charge is 0.274 e. The molecule has 0 saturated heterocycles. The van der Waals surface area contributed by atoms with Crippen LogP contribution < -0.4 is 5.32 Å². The first-order valence-corrected chi connectivity index (χ1v) is 8.51. The van der Waals surface area contributed by atoms with E-state index in [1.54, 1.807) is 18.2 Å². The lowest BCUT2D eigenvalue weighted by atomic mass is 9.76. The summed E-state index contributed by atoms with van der Waals surface area (Å²) in [5, 5.41) is 14.6. The third-order valence-electron chi connectivity index (χ3n) is 4.85. The Labute approximate surface area is 146 Å². The maximum atomic E-state index is 14.5. The van der Waals surface area contributed by atoms with Gasteiger partial charge in [-0.25, -0.2) is 4.39 Å². The minimum atomic E-state index is -0.373. The summed E-state index contributed by atoms with van der Waals surface area (Å²) < 4.78 is 15.2. The van der Waals surface area contributed by atoms with Gasteiger partial charge in [0.05, 0.1) is 22.2 Å². The topological polar surface area (TPSA) is 55.2 Å². The summed E-state index contributed by atoms with van der Waals surface area (Å²) >= 11 is 3.35. The standard InChI is InChI=1S/C18H14BrFN2O2/c19-10-8-14-11-5-3-6-12(11)17(21-18(14)15(20)9-10)13-4-1-2-7-16(13)22(23)24/h1-5,7-9,11-12,17,21H,6H2/t11-,12+,17+/m0/s1. The Bertz CT molecular complexity index is 868. The lowest BCUT2D eigenvalue weighted by molar-refractivity contribution is -0.385. The molecular weight excluding hydrogens is 375 g/mol. The van der Waals surface area contributed by atoms with Gasteiger partial charge in [0.25, 0.3) is 5.69 Å². The monoisotopic (exact) mass is 388 g/mol. The van der Waals surface area contributed by atoms with Gasteiger partial charge in [0.15, 0.2) is 0 Å². The third-order valence-corrected chi connectivity index (χ3v) is 5.31. The molecule has 4 nitrogen and oxygen atoms in total. The fourth-order valence-corrected chi connectivity index (χ4v) is 4.29. The second-order valence-corrected chi connectivity index (χ2v) is 7.06. The Hall–Kier alpha value is -2.21. The summed E-state index contributed by atoms with van der Waals surface area (Å²) in [5.41, 5.74) is 2.01. The number of benzene rings is 2. The summed E-state index contributed by atoms with van der Waals surface area (Å²) in [5.74, 6) is -0.160. The van der Waals surface area contributed by atoms with E-state index in [1.807, 2.05) is 6.07 Å². The first-order chi connectivity index (χ1) is 11.6. The van der Waals surface area contributed by atoms with Gasteiger partial charge < -0.3 is 5.32 Å². The number of allylic oxidation sites excluding steroid dienone is 2. The lowest BCUT2D eigenvalue weighted by Crippen LogP contribution is -2.30. The molecule has 1 aliphatic carbocycles. The predicted molar refractivity (Wildman–Crippen MR) is 93.5 cm³/mol.